The van der Waals surface area contributed by atoms with E-state index in [1.165, 1.54) is 30.0 Å². The number of nitriles is 1. The Morgan fingerprint density at radius 3 is 2.67 bits per heavy atom. The summed E-state index contributed by atoms with van der Waals surface area (Å²) in [6, 6.07) is 6.34. The minimum atomic E-state index is -0.675. The highest BCUT2D eigenvalue weighted by Crippen LogP contribution is 2.32. The fourth-order valence-corrected chi connectivity index (χ4v) is 3.02. The van der Waals surface area contributed by atoms with Crippen molar-refractivity contribution >= 4 is 17.3 Å². The van der Waals surface area contributed by atoms with Gasteiger partial charge in [-0.25, -0.2) is 9.18 Å². The summed E-state index contributed by atoms with van der Waals surface area (Å²) in [5.41, 5.74) is 7.37. The molecule has 2 N–H and O–H groups in total. The van der Waals surface area contributed by atoms with Crippen LogP contribution in [0.1, 0.15) is 28.9 Å². The zero-order valence-electron chi connectivity index (χ0n) is 13.3. The van der Waals surface area contributed by atoms with Crippen LogP contribution >= 0.6 is 0 Å². The van der Waals surface area contributed by atoms with E-state index in [2.05, 4.69) is 4.90 Å². The Hall–Kier alpha value is -3.01. The van der Waals surface area contributed by atoms with Gasteiger partial charge in [-0.15, -0.1) is 0 Å². The first-order chi connectivity index (χ1) is 11.6. The number of nitrogen functional groups attached to an aromatic ring is 1. The first-order valence-electron chi connectivity index (χ1n) is 7.61. The molecule has 1 aliphatic rings. The number of hydrogen-bond acceptors (Lipinski definition) is 5. The Bertz CT molecular complexity index is 832. The van der Waals surface area contributed by atoms with Gasteiger partial charge >= 0.3 is 5.97 Å². The predicted molar refractivity (Wildman–Crippen MR) is 87.6 cm³/mol. The third kappa shape index (κ3) is 2.56. The maximum Gasteiger partial charge on any atom is 0.357 e. The number of benzene rings is 1. The van der Waals surface area contributed by atoms with Crippen LogP contribution in [0, 0.1) is 17.1 Å². The number of halogens is 1. The van der Waals surface area contributed by atoms with Crippen molar-refractivity contribution in [2.45, 2.75) is 12.8 Å². The number of nitrogens with two attached hydrogens (primary N) is 1. The van der Waals surface area contributed by atoms with Crippen LogP contribution in [0.4, 0.5) is 15.8 Å². The maximum atomic E-state index is 13.9. The Morgan fingerprint density at radius 1 is 1.33 bits per heavy atom. The largest absolute Gasteiger partial charge is 0.464 e. The van der Waals surface area contributed by atoms with Gasteiger partial charge in [-0.05, 0) is 31.0 Å². The Labute approximate surface area is 138 Å². The zero-order valence-corrected chi connectivity index (χ0v) is 13.3. The van der Waals surface area contributed by atoms with Gasteiger partial charge in [0.2, 0.25) is 0 Å². The van der Waals surface area contributed by atoms with E-state index >= 15 is 0 Å². The zero-order chi connectivity index (χ0) is 17.3. The molecule has 24 heavy (non-hydrogen) atoms. The van der Waals surface area contributed by atoms with Gasteiger partial charge in [0.05, 0.1) is 29.7 Å². The van der Waals surface area contributed by atoms with Crippen molar-refractivity contribution < 1.29 is 13.9 Å². The fraction of sp³-hybridized carbons (Fsp3) is 0.294. The Kier molecular flexibility index (Phi) is 4.13. The molecule has 0 saturated carbocycles. The summed E-state index contributed by atoms with van der Waals surface area (Å²) in [6.45, 7) is 1.71. The first kappa shape index (κ1) is 15.9. The highest BCUT2D eigenvalue weighted by molar-refractivity contribution is 5.96. The summed E-state index contributed by atoms with van der Waals surface area (Å²) in [5.74, 6) is -1.11. The van der Waals surface area contributed by atoms with E-state index in [4.69, 9.17) is 10.5 Å². The third-order valence-electron chi connectivity index (χ3n) is 4.19. The number of carbonyl (C=O) groups is 1. The lowest BCUT2D eigenvalue weighted by molar-refractivity contribution is 0.0593. The normalized spacial score (nSPS) is 13.8. The quantitative estimate of drug-likeness (QED) is 0.875. The number of aromatic nitrogens is 1. The summed E-state index contributed by atoms with van der Waals surface area (Å²) in [7, 11) is 1.23. The second-order valence-corrected chi connectivity index (χ2v) is 5.61. The summed E-state index contributed by atoms with van der Waals surface area (Å²) in [5, 5.41) is 9.21. The number of ether oxygens (including phenoxy) is 1. The smallest absolute Gasteiger partial charge is 0.357 e. The van der Waals surface area contributed by atoms with Crippen LogP contribution in [0.25, 0.3) is 5.69 Å². The van der Waals surface area contributed by atoms with Gasteiger partial charge in [-0.3, -0.25) is 0 Å². The van der Waals surface area contributed by atoms with E-state index in [1.807, 2.05) is 6.07 Å². The standard InChI is InChI=1S/C17H17FN4O2/c1-24-17(23)16-15(20)11(9-19)10-22(16)14-8-12(18)4-5-13(14)21-6-2-3-7-21/h4-5,8,10H,2-3,6-7,20H2,1H3. The van der Waals surface area contributed by atoms with Crippen LogP contribution < -0.4 is 10.6 Å². The second-order valence-electron chi connectivity index (χ2n) is 5.61. The maximum absolute atomic E-state index is 13.9. The van der Waals surface area contributed by atoms with Crippen molar-refractivity contribution in [2.75, 3.05) is 30.8 Å². The molecule has 7 heteroatoms. The lowest BCUT2D eigenvalue weighted by atomic mass is 10.2. The van der Waals surface area contributed by atoms with E-state index in [1.54, 1.807) is 6.07 Å². The Balaban J connectivity index is 2.24. The van der Waals surface area contributed by atoms with E-state index in [0.29, 0.717) is 5.69 Å². The monoisotopic (exact) mass is 328 g/mol. The van der Waals surface area contributed by atoms with Crippen LogP contribution in [0.3, 0.4) is 0 Å². The highest BCUT2D eigenvalue weighted by atomic mass is 19.1. The number of methoxy groups -OCH3 is 1. The summed E-state index contributed by atoms with van der Waals surface area (Å²) in [4.78, 5) is 14.3. The Morgan fingerprint density at radius 2 is 2.04 bits per heavy atom. The van der Waals surface area contributed by atoms with E-state index < -0.39 is 11.8 Å². The van der Waals surface area contributed by atoms with Crippen LogP contribution in [-0.4, -0.2) is 30.7 Å². The number of nitrogens with zero attached hydrogens (tertiary/aromatic N) is 3. The molecular formula is C17H17FN4O2. The van der Waals surface area contributed by atoms with Crippen molar-refractivity contribution in [2.24, 2.45) is 0 Å². The SMILES string of the molecule is COC(=O)c1c(N)c(C#N)cn1-c1cc(F)ccc1N1CCCC1. The molecular weight excluding hydrogens is 311 g/mol. The van der Waals surface area contributed by atoms with Gasteiger partial charge in [0.15, 0.2) is 5.69 Å². The van der Waals surface area contributed by atoms with E-state index in [-0.39, 0.29) is 16.9 Å². The van der Waals surface area contributed by atoms with Gasteiger partial charge in [-0.2, -0.15) is 5.26 Å². The minimum absolute atomic E-state index is 0.0279. The van der Waals surface area contributed by atoms with Crippen LogP contribution in [-0.2, 0) is 4.74 Å². The lowest BCUT2D eigenvalue weighted by Gasteiger charge is -2.22. The van der Waals surface area contributed by atoms with Crippen molar-refractivity contribution in [3.8, 4) is 11.8 Å². The molecule has 1 aromatic carbocycles. The molecule has 3 rings (SSSR count). The number of hydrogen-bond donors (Lipinski definition) is 1. The molecule has 0 bridgehead atoms. The van der Waals surface area contributed by atoms with Crippen molar-refractivity contribution in [1.29, 1.82) is 5.26 Å². The molecule has 0 radical (unpaired) electrons. The molecule has 1 aromatic heterocycles. The number of esters is 1. The predicted octanol–water partition coefficient (Wildman–Crippen LogP) is 2.46. The molecule has 124 valence electrons. The molecule has 0 spiro atoms. The molecule has 0 amide bonds. The molecule has 0 atom stereocenters. The molecule has 0 aliphatic carbocycles. The van der Waals surface area contributed by atoms with Gasteiger partial charge < -0.3 is 19.9 Å². The van der Waals surface area contributed by atoms with E-state index in [0.717, 1.165) is 31.6 Å². The molecule has 0 unspecified atom stereocenters. The number of anilines is 2. The topological polar surface area (TPSA) is 84.3 Å². The van der Waals surface area contributed by atoms with Gasteiger partial charge in [-0.1, -0.05) is 0 Å². The molecule has 6 nitrogen and oxygen atoms in total. The molecule has 1 aliphatic heterocycles. The summed E-state index contributed by atoms with van der Waals surface area (Å²) >= 11 is 0. The van der Waals surface area contributed by atoms with Crippen molar-refractivity contribution in [1.82, 2.24) is 4.57 Å². The number of rotatable bonds is 3. The summed E-state index contributed by atoms with van der Waals surface area (Å²) < 4.78 is 20.1. The molecule has 1 saturated heterocycles. The fourth-order valence-electron chi connectivity index (χ4n) is 3.02. The van der Waals surface area contributed by atoms with Gasteiger partial charge in [0.25, 0.3) is 0 Å². The highest BCUT2D eigenvalue weighted by Gasteiger charge is 2.25. The van der Waals surface area contributed by atoms with Crippen LogP contribution in [0.2, 0.25) is 0 Å². The molecule has 2 heterocycles. The molecule has 1 fully saturated rings. The number of carbonyl (C=O) groups excluding carboxylic acids is 1. The van der Waals surface area contributed by atoms with Crippen molar-refractivity contribution in [3.63, 3.8) is 0 Å². The first-order valence-corrected chi connectivity index (χ1v) is 7.61. The second kappa shape index (κ2) is 6.24. The lowest BCUT2D eigenvalue weighted by Crippen LogP contribution is -2.21. The van der Waals surface area contributed by atoms with E-state index in [9.17, 15) is 14.4 Å². The van der Waals surface area contributed by atoms with Gasteiger partial charge in [0.1, 0.15) is 11.9 Å². The van der Waals surface area contributed by atoms with Crippen molar-refractivity contribution in [3.05, 3.63) is 41.5 Å². The van der Waals surface area contributed by atoms with Crippen LogP contribution in [0.15, 0.2) is 24.4 Å². The van der Waals surface area contributed by atoms with Crippen LogP contribution in [0.5, 0.6) is 0 Å². The molecule has 2 aromatic rings. The third-order valence-corrected chi connectivity index (χ3v) is 4.19. The average Bonchev–Trinajstić information content (AvgIpc) is 3.22. The average molecular weight is 328 g/mol. The summed E-state index contributed by atoms with van der Waals surface area (Å²) in [6.07, 6.45) is 3.55. The van der Waals surface area contributed by atoms with Gasteiger partial charge in [0, 0.05) is 19.3 Å². The minimum Gasteiger partial charge on any atom is -0.464 e.